The number of aromatic nitrogens is 2. The Labute approximate surface area is 159 Å². The highest BCUT2D eigenvalue weighted by molar-refractivity contribution is 7.15. The van der Waals surface area contributed by atoms with Crippen LogP contribution in [0.3, 0.4) is 0 Å². The van der Waals surface area contributed by atoms with Crippen molar-refractivity contribution < 1.29 is 4.79 Å². The van der Waals surface area contributed by atoms with Gasteiger partial charge in [-0.1, -0.05) is 23.7 Å². The molecule has 3 aromatic rings. The second-order valence-corrected chi connectivity index (χ2v) is 7.45. The number of para-hydroxylation sites is 1. The largest absolute Gasteiger partial charge is 0.367 e. The maximum Gasteiger partial charge on any atom is 0.271 e. The molecule has 0 atom stereocenters. The van der Waals surface area contributed by atoms with Crippen LogP contribution >= 0.6 is 22.9 Å². The van der Waals surface area contributed by atoms with Crippen LogP contribution in [0.2, 0.25) is 5.02 Å². The monoisotopic (exact) mass is 388 g/mol. The lowest BCUT2D eigenvalue weighted by Gasteiger charge is -2.36. The number of rotatable bonds is 2. The molecule has 1 aliphatic rings. The number of halogens is 1. The van der Waals surface area contributed by atoms with Gasteiger partial charge in [-0.05, 0) is 19.1 Å². The smallest absolute Gasteiger partial charge is 0.271 e. The van der Waals surface area contributed by atoms with Crippen molar-refractivity contribution in [2.24, 2.45) is 0 Å². The van der Waals surface area contributed by atoms with E-state index in [9.17, 15) is 9.59 Å². The molecule has 2 aromatic heterocycles. The summed E-state index contributed by atoms with van der Waals surface area (Å²) in [5, 5.41) is 2.56. The number of carbonyl (C=O) groups is 1. The van der Waals surface area contributed by atoms with Gasteiger partial charge in [0, 0.05) is 43.4 Å². The highest BCUT2D eigenvalue weighted by Crippen LogP contribution is 2.26. The van der Waals surface area contributed by atoms with Gasteiger partial charge < -0.3 is 9.80 Å². The fourth-order valence-electron chi connectivity index (χ4n) is 3.20. The number of hydrogen-bond acceptors (Lipinski definition) is 5. The van der Waals surface area contributed by atoms with Crippen LogP contribution in [-0.4, -0.2) is 46.4 Å². The van der Waals surface area contributed by atoms with Crippen molar-refractivity contribution in [2.45, 2.75) is 6.92 Å². The van der Waals surface area contributed by atoms with Gasteiger partial charge in [0.2, 0.25) is 0 Å². The van der Waals surface area contributed by atoms with Gasteiger partial charge in [-0.25, -0.2) is 4.98 Å². The average Bonchev–Trinajstić information content (AvgIpc) is 3.04. The molecule has 1 amide bonds. The Morgan fingerprint density at radius 2 is 1.92 bits per heavy atom. The summed E-state index contributed by atoms with van der Waals surface area (Å²) in [5.74, 6) is -0.263. The zero-order valence-electron chi connectivity index (χ0n) is 14.2. The van der Waals surface area contributed by atoms with Crippen molar-refractivity contribution in [1.82, 2.24) is 14.3 Å². The molecule has 3 heterocycles. The van der Waals surface area contributed by atoms with Crippen LogP contribution < -0.4 is 10.5 Å². The van der Waals surface area contributed by atoms with Gasteiger partial charge in [0.05, 0.1) is 10.7 Å². The second-order valence-electron chi connectivity index (χ2n) is 6.20. The van der Waals surface area contributed by atoms with Crippen molar-refractivity contribution in [3.05, 3.63) is 62.5 Å². The van der Waals surface area contributed by atoms with Gasteiger partial charge in [0.25, 0.3) is 11.5 Å². The quantitative estimate of drug-likeness (QED) is 0.677. The molecule has 0 unspecified atom stereocenters. The Bertz CT molecular complexity index is 1040. The minimum absolute atomic E-state index is 0.121. The summed E-state index contributed by atoms with van der Waals surface area (Å²) in [6.45, 7) is 4.25. The number of hydrogen-bond donors (Lipinski definition) is 0. The third-order valence-electron chi connectivity index (χ3n) is 4.61. The minimum atomic E-state index is -0.299. The summed E-state index contributed by atoms with van der Waals surface area (Å²) in [6, 6.07) is 7.68. The molecule has 134 valence electrons. The minimum Gasteiger partial charge on any atom is -0.367 e. The van der Waals surface area contributed by atoms with Crippen molar-refractivity contribution in [3.8, 4) is 0 Å². The number of fused-ring (bicyclic) bond motifs is 1. The third kappa shape index (κ3) is 2.87. The zero-order chi connectivity index (χ0) is 18.3. The molecule has 0 spiro atoms. The summed E-state index contributed by atoms with van der Waals surface area (Å²) in [4.78, 5) is 34.2. The molecule has 0 aliphatic carbocycles. The van der Waals surface area contributed by atoms with Gasteiger partial charge in [0.15, 0.2) is 4.96 Å². The molecule has 0 N–H and O–H groups in total. The van der Waals surface area contributed by atoms with Crippen LogP contribution in [0.15, 0.2) is 40.6 Å². The first-order valence-electron chi connectivity index (χ1n) is 8.31. The van der Waals surface area contributed by atoms with Gasteiger partial charge in [0.1, 0.15) is 5.56 Å². The highest BCUT2D eigenvalue weighted by atomic mass is 35.5. The number of amides is 1. The number of thiazole rings is 1. The molecular formula is C18H17ClN4O2S. The molecule has 0 radical (unpaired) electrons. The van der Waals surface area contributed by atoms with Crippen LogP contribution in [0.1, 0.15) is 16.1 Å². The summed E-state index contributed by atoms with van der Waals surface area (Å²) >= 11 is 7.65. The lowest BCUT2D eigenvalue weighted by Crippen LogP contribution is -2.49. The summed E-state index contributed by atoms with van der Waals surface area (Å²) in [7, 11) is 0. The number of benzene rings is 1. The van der Waals surface area contributed by atoms with Crippen molar-refractivity contribution >= 4 is 39.5 Å². The molecule has 8 heteroatoms. The van der Waals surface area contributed by atoms with Crippen LogP contribution in [0.4, 0.5) is 5.69 Å². The molecule has 26 heavy (non-hydrogen) atoms. The second kappa shape index (κ2) is 6.74. The fourth-order valence-corrected chi connectivity index (χ4v) is 4.28. The van der Waals surface area contributed by atoms with Crippen molar-refractivity contribution in [1.29, 1.82) is 0 Å². The maximum atomic E-state index is 12.8. The zero-order valence-corrected chi connectivity index (χ0v) is 15.8. The number of nitrogens with zero attached hydrogens (tertiary/aromatic N) is 4. The van der Waals surface area contributed by atoms with Crippen molar-refractivity contribution in [2.75, 3.05) is 31.1 Å². The van der Waals surface area contributed by atoms with E-state index in [1.54, 1.807) is 4.90 Å². The Balaban J connectivity index is 1.54. The first kappa shape index (κ1) is 17.1. The molecule has 1 saturated heterocycles. The topological polar surface area (TPSA) is 57.9 Å². The standard InChI is InChI=1S/C18H17ClN4O2S/c1-12-11-26-18-20-10-13(17(25)23(12)18)16(24)22-8-6-21(7-9-22)15-5-3-2-4-14(15)19/h2-5,10-11H,6-9H2,1H3. The number of anilines is 1. The van der Waals surface area contributed by atoms with E-state index in [2.05, 4.69) is 9.88 Å². The van der Waals surface area contributed by atoms with Crippen molar-refractivity contribution in [3.63, 3.8) is 0 Å². The van der Waals surface area contributed by atoms with Crippen LogP contribution in [0.5, 0.6) is 0 Å². The first-order chi connectivity index (χ1) is 12.6. The van der Waals surface area contributed by atoms with Crippen LogP contribution in [0, 0.1) is 6.92 Å². The van der Waals surface area contributed by atoms with Gasteiger partial charge in [-0.15, -0.1) is 11.3 Å². The first-order valence-corrected chi connectivity index (χ1v) is 9.56. The van der Waals surface area contributed by atoms with E-state index in [1.807, 2.05) is 36.6 Å². The lowest BCUT2D eigenvalue weighted by molar-refractivity contribution is 0.0744. The van der Waals surface area contributed by atoms with E-state index in [0.29, 0.717) is 36.2 Å². The van der Waals surface area contributed by atoms with E-state index in [1.165, 1.54) is 21.9 Å². The Hall–Kier alpha value is -2.38. The van der Waals surface area contributed by atoms with E-state index in [0.717, 1.165) is 11.4 Å². The number of carbonyl (C=O) groups excluding carboxylic acids is 1. The summed E-state index contributed by atoms with van der Waals surface area (Å²) < 4.78 is 1.50. The van der Waals surface area contributed by atoms with E-state index < -0.39 is 0 Å². The average molecular weight is 389 g/mol. The SMILES string of the molecule is Cc1csc2ncc(C(=O)N3CCN(c4ccccc4Cl)CC3)c(=O)n12. The summed E-state index contributed by atoms with van der Waals surface area (Å²) in [6.07, 6.45) is 1.40. The molecule has 1 aromatic carbocycles. The fraction of sp³-hybridized carbons (Fsp3) is 0.278. The molecular weight excluding hydrogens is 372 g/mol. The third-order valence-corrected chi connectivity index (χ3v) is 5.88. The van der Waals surface area contributed by atoms with Crippen LogP contribution in [-0.2, 0) is 0 Å². The predicted molar refractivity (Wildman–Crippen MR) is 104 cm³/mol. The molecule has 6 nitrogen and oxygen atoms in total. The van der Waals surface area contributed by atoms with Gasteiger partial charge in [-0.2, -0.15) is 0 Å². The number of aryl methyl sites for hydroxylation is 1. The molecule has 1 aliphatic heterocycles. The molecule has 4 rings (SSSR count). The van der Waals surface area contributed by atoms with Crippen LogP contribution in [0.25, 0.3) is 4.96 Å². The highest BCUT2D eigenvalue weighted by Gasteiger charge is 2.25. The summed E-state index contributed by atoms with van der Waals surface area (Å²) in [5.41, 5.74) is 1.58. The Morgan fingerprint density at radius 3 is 2.65 bits per heavy atom. The number of piperazine rings is 1. The Morgan fingerprint density at radius 1 is 1.19 bits per heavy atom. The van der Waals surface area contributed by atoms with E-state index in [-0.39, 0.29) is 17.0 Å². The lowest BCUT2D eigenvalue weighted by atomic mass is 10.2. The van der Waals surface area contributed by atoms with E-state index in [4.69, 9.17) is 11.6 Å². The molecule has 0 saturated carbocycles. The predicted octanol–water partition coefficient (Wildman–Crippen LogP) is 2.68. The van der Waals surface area contributed by atoms with Gasteiger partial charge >= 0.3 is 0 Å². The molecule has 1 fully saturated rings. The van der Waals surface area contributed by atoms with Gasteiger partial charge in [-0.3, -0.25) is 14.0 Å². The normalized spacial score (nSPS) is 14.8. The van der Waals surface area contributed by atoms with E-state index >= 15 is 0 Å². The maximum absolute atomic E-state index is 12.8. The Kier molecular flexibility index (Phi) is 4.42. The molecule has 0 bridgehead atoms.